The Kier molecular flexibility index (Phi) is 4.42. The van der Waals surface area contributed by atoms with Crippen molar-refractivity contribution in [1.82, 2.24) is 0 Å². The summed E-state index contributed by atoms with van der Waals surface area (Å²) in [5.74, 6) is 0.640. The van der Waals surface area contributed by atoms with Gasteiger partial charge < -0.3 is 4.74 Å². The normalized spacial score (nSPS) is 10.1. The maximum atomic E-state index is 11.1. The predicted molar refractivity (Wildman–Crippen MR) is 74.4 cm³/mol. The third-order valence-electron chi connectivity index (χ3n) is 2.60. The molecule has 0 saturated carbocycles. The van der Waals surface area contributed by atoms with Crippen LogP contribution in [0.1, 0.15) is 15.9 Å². The lowest BCUT2D eigenvalue weighted by atomic mass is 10.2. The molecule has 0 radical (unpaired) electrons. The van der Waals surface area contributed by atoms with E-state index in [9.17, 15) is 4.79 Å². The molecule has 0 aliphatic rings. The number of carbonyl (C=O) groups excluding carboxylic acids is 1. The summed E-state index contributed by atoms with van der Waals surface area (Å²) in [4.78, 5) is 12.1. The Balaban J connectivity index is 2.17. The van der Waals surface area contributed by atoms with Gasteiger partial charge in [-0.3, -0.25) is 4.79 Å². The van der Waals surface area contributed by atoms with Crippen molar-refractivity contribution in [3.63, 3.8) is 0 Å². The molecule has 0 amide bonds. The molecule has 2 rings (SSSR count). The van der Waals surface area contributed by atoms with Crippen LogP contribution in [0.5, 0.6) is 5.75 Å². The van der Waals surface area contributed by atoms with E-state index in [-0.39, 0.29) is 0 Å². The van der Waals surface area contributed by atoms with E-state index in [4.69, 9.17) is 4.74 Å². The highest BCUT2D eigenvalue weighted by Gasteiger charge is 2.08. The topological polar surface area (TPSA) is 26.3 Å². The average Bonchev–Trinajstić information content (AvgIpc) is 2.45. The van der Waals surface area contributed by atoms with Gasteiger partial charge in [0.25, 0.3) is 0 Å². The number of hydrogen-bond acceptors (Lipinski definition) is 3. The molecule has 0 aromatic heterocycles. The lowest BCUT2D eigenvalue weighted by Gasteiger charge is -2.10. The van der Waals surface area contributed by atoms with Crippen molar-refractivity contribution < 1.29 is 9.53 Å². The van der Waals surface area contributed by atoms with Gasteiger partial charge >= 0.3 is 0 Å². The van der Waals surface area contributed by atoms with Crippen molar-refractivity contribution in [2.75, 3.05) is 6.26 Å². The fourth-order valence-electron chi connectivity index (χ4n) is 1.68. The van der Waals surface area contributed by atoms with Crippen molar-refractivity contribution in [2.45, 2.75) is 11.5 Å². The first kappa shape index (κ1) is 12.7. The van der Waals surface area contributed by atoms with Gasteiger partial charge in [-0.25, -0.2) is 0 Å². The molecule has 3 heteroatoms. The van der Waals surface area contributed by atoms with E-state index in [2.05, 4.69) is 0 Å². The van der Waals surface area contributed by atoms with Crippen LogP contribution in [0, 0.1) is 0 Å². The Morgan fingerprint density at radius 2 is 1.89 bits per heavy atom. The highest BCUT2D eigenvalue weighted by molar-refractivity contribution is 7.98. The van der Waals surface area contributed by atoms with Gasteiger partial charge in [-0.2, -0.15) is 0 Å². The van der Waals surface area contributed by atoms with E-state index in [1.807, 2.05) is 54.8 Å². The van der Waals surface area contributed by atoms with Crippen LogP contribution in [0.4, 0.5) is 0 Å². The molecular weight excluding hydrogens is 244 g/mol. The molecule has 0 unspecified atom stereocenters. The Hall–Kier alpha value is -1.74. The smallest absolute Gasteiger partial charge is 0.154 e. The molecule has 0 heterocycles. The van der Waals surface area contributed by atoms with Crippen LogP contribution in [0.15, 0.2) is 53.4 Å². The van der Waals surface area contributed by atoms with Crippen LogP contribution in [0.3, 0.4) is 0 Å². The summed E-state index contributed by atoms with van der Waals surface area (Å²) in [7, 11) is 0. The van der Waals surface area contributed by atoms with Crippen molar-refractivity contribution in [2.24, 2.45) is 0 Å². The summed E-state index contributed by atoms with van der Waals surface area (Å²) >= 11 is 1.54. The summed E-state index contributed by atoms with van der Waals surface area (Å²) in [6.07, 6.45) is 2.80. The number of benzene rings is 2. The van der Waals surface area contributed by atoms with Crippen molar-refractivity contribution in [3.8, 4) is 5.75 Å². The second-order valence-corrected chi connectivity index (χ2v) is 4.61. The number of hydrogen-bond donors (Lipinski definition) is 0. The highest BCUT2D eigenvalue weighted by Crippen LogP contribution is 2.27. The molecule has 0 aliphatic carbocycles. The summed E-state index contributed by atoms with van der Waals surface area (Å²) < 4.78 is 5.71. The molecule has 0 fully saturated rings. The van der Waals surface area contributed by atoms with Gasteiger partial charge in [0, 0.05) is 4.90 Å². The van der Waals surface area contributed by atoms with E-state index >= 15 is 0 Å². The van der Waals surface area contributed by atoms with E-state index in [1.165, 1.54) is 0 Å². The molecule has 2 aromatic carbocycles. The van der Waals surface area contributed by atoms with Crippen LogP contribution in [-0.4, -0.2) is 12.5 Å². The SMILES string of the molecule is CSc1cccc(OCc2ccccc2)c1C=O. The second kappa shape index (κ2) is 6.26. The predicted octanol–water partition coefficient (Wildman–Crippen LogP) is 3.80. The van der Waals surface area contributed by atoms with Gasteiger partial charge in [0.15, 0.2) is 6.29 Å². The van der Waals surface area contributed by atoms with E-state index in [0.29, 0.717) is 17.9 Å². The van der Waals surface area contributed by atoms with Gasteiger partial charge in [0.05, 0.1) is 5.56 Å². The van der Waals surface area contributed by atoms with Crippen LogP contribution in [0.2, 0.25) is 0 Å². The van der Waals surface area contributed by atoms with Gasteiger partial charge in [-0.1, -0.05) is 36.4 Å². The minimum absolute atomic E-state index is 0.472. The third-order valence-corrected chi connectivity index (χ3v) is 3.40. The van der Waals surface area contributed by atoms with Crippen LogP contribution in [-0.2, 0) is 6.61 Å². The number of rotatable bonds is 5. The highest BCUT2D eigenvalue weighted by atomic mass is 32.2. The van der Waals surface area contributed by atoms with Gasteiger partial charge in [-0.05, 0) is 24.0 Å². The number of carbonyl (C=O) groups is 1. The molecule has 2 aromatic rings. The zero-order valence-corrected chi connectivity index (χ0v) is 10.9. The van der Waals surface area contributed by atoms with E-state index in [0.717, 1.165) is 16.7 Å². The van der Waals surface area contributed by atoms with Crippen LogP contribution < -0.4 is 4.74 Å². The fourth-order valence-corrected chi connectivity index (χ4v) is 2.26. The molecule has 2 nitrogen and oxygen atoms in total. The molecule has 18 heavy (non-hydrogen) atoms. The zero-order chi connectivity index (χ0) is 12.8. The fraction of sp³-hybridized carbons (Fsp3) is 0.133. The second-order valence-electron chi connectivity index (χ2n) is 3.76. The maximum absolute atomic E-state index is 11.1. The minimum atomic E-state index is 0.472. The van der Waals surface area contributed by atoms with Gasteiger partial charge in [0.1, 0.15) is 12.4 Å². The first-order chi connectivity index (χ1) is 8.85. The number of ether oxygens (including phenoxy) is 1. The van der Waals surface area contributed by atoms with Gasteiger partial charge in [0.2, 0.25) is 0 Å². The molecule has 0 bridgehead atoms. The van der Waals surface area contributed by atoms with Crippen molar-refractivity contribution >= 4 is 18.0 Å². The third kappa shape index (κ3) is 2.93. The quantitative estimate of drug-likeness (QED) is 0.602. The summed E-state index contributed by atoms with van der Waals surface area (Å²) in [5.41, 5.74) is 1.71. The summed E-state index contributed by atoms with van der Waals surface area (Å²) in [5, 5.41) is 0. The van der Waals surface area contributed by atoms with Crippen LogP contribution in [0.25, 0.3) is 0 Å². The average molecular weight is 258 g/mol. The van der Waals surface area contributed by atoms with Gasteiger partial charge in [-0.15, -0.1) is 11.8 Å². The number of aldehydes is 1. The maximum Gasteiger partial charge on any atom is 0.154 e. The largest absolute Gasteiger partial charge is 0.488 e. The van der Waals surface area contributed by atoms with Crippen LogP contribution >= 0.6 is 11.8 Å². The lowest BCUT2D eigenvalue weighted by Crippen LogP contribution is -1.99. The molecule has 0 saturated heterocycles. The standard InChI is InChI=1S/C15H14O2S/c1-18-15-9-5-8-14(13(15)10-16)17-11-12-6-3-2-4-7-12/h2-10H,11H2,1H3. The summed E-state index contributed by atoms with van der Waals surface area (Å²) in [6, 6.07) is 15.6. The summed E-state index contributed by atoms with van der Waals surface area (Å²) in [6.45, 7) is 0.472. The lowest BCUT2D eigenvalue weighted by molar-refractivity contribution is 0.111. The molecule has 0 N–H and O–H groups in total. The first-order valence-corrected chi connectivity index (χ1v) is 6.86. The van der Waals surface area contributed by atoms with Crippen molar-refractivity contribution in [3.05, 3.63) is 59.7 Å². The Morgan fingerprint density at radius 3 is 2.56 bits per heavy atom. The molecule has 0 aliphatic heterocycles. The number of thioether (sulfide) groups is 1. The van der Waals surface area contributed by atoms with Crippen molar-refractivity contribution in [1.29, 1.82) is 0 Å². The minimum Gasteiger partial charge on any atom is -0.488 e. The van der Waals surface area contributed by atoms with E-state index < -0.39 is 0 Å². The molecule has 92 valence electrons. The zero-order valence-electron chi connectivity index (χ0n) is 10.1. The van der Waals surface area contributed by atoms with E-state index in [1.54, 1.807) is 11.8 Å². The molecule has 0 atom stereocenters. The Labute approximate surface area is 111 Å². The monoisotopic (exact) mass is 258 g/mol. The molecular formula is C15H14O2S. The molecule has 0 spiro atoms. The first-order valence-electron chi connectivity index (χ1n) is 5.64. The Morgan fingerprint density at radius 1 is 1.11 bits per heavy atom. The Bertz CT molecular complexity index is 523.